The highest BCUT2D eigenvalue weighted by atomic mass is 32.1. The molecule has 1 N–H and O–H groups in total. The molecule has 2 aromatic heterocycles. The molecule has 3 heterocycles. The maximum atomic E-state index is 8.36. The lowest BCUT2D eigenvalue weighted by Crippen LogP contribution is -2.37. The minimum Gasteiger partial charge on any atom is -0.483 e. The van der Waals surface area contributed by atoms with E-state index in [-0.39, 0.29) is 12.5 Å². The van der Waals surface area contributed by atoms with E-state index in [1.54, 1.807) is 18.4 Å². The number of hydrogen-bond donors (Lipinski definition) is 1. The average molecular weight is 388 g/mol. The van der Waals surface area contributed by atoms with Gasteiger partial charge in [0.2, 0.25) is 5.13 Å². The number of carboxylic acid groups (broad SMARTS) is 1. The van der Waals surface area contributed by atoms with Gasteiger partial charge in [-0.05, 0) is 6.92 Å². The molecule has 0 spiro atoms. The number of fused-ring (bicyclic) bond motifs is 1. The minimum atomic E-state index is -0.250. The highest BCUT2D eigenvalue weighted by Gasteiger charge is 2.28. The molecule has 9 nitrogen and oxygen atoms in total. The summed E-state index contributed by atoms with van der Waals surface area (Å²) in [5, 5.41) is 26.0. The Labute approximate surface area is 160 Å². The Balaban J connectivity index is 0.000000659. The quantitative estimate of drug-likeness (QED) is 0.678. The van der Waals surface area contributed by atoms with Crippen molar-refractivity contribution in [3.05, 3.63) is 42.0 Å². The summed E-state index contributed by atoms with van der Waals surface area (Å²) in [6.45, 7) is 3.93. The maximum Gasteiger partial charge on any atom is 0.290 e. The van der Waals surface area contributed by atoms with E-state index in [4.69, 9.17) is 14.6 Å². The molecule has 0 bridgehead atoms. The van der Waals surface area contributed by atoms with E-state index >= 15 is 0 Å². The van der Waals surface area contributed by atoms with Crippen LogP contribution in [0.25, 0.3) is 10.6 Å². The van der Waals surface area contributed by atoms with Crippen LogP contribution in [-0.2, 0) is 22.7 Å². The number of nitrogens with zero attached hydrogens (tertiary/aromatic N) is 6. The molecule has 0 fully saturated rings. The number of hydrogen-bond acceptors (Lipinski definition) is 8. The fraction of sp³-hybridized carbons (Fsp3) is 0.353. The summed E-state index contributed by atoms with van der Waals surface area (Å²) in [4.78, 5) is 10.6. The number of ether oxygens (including phenoxy) is 1. The highest BCUT2D eigenvalue weighted by molar-refractivity contribution is 7.18. The van der Waals surface area contributed by atoms with Crippen molar-refractivity contribution < 1.29 is 14.6 Å². The molecular formula is C17H20N6O3S. The molecule has 142 valence electrons. The molecule has 27 heavy (non-hydrogen) atoms. The Morgan fingerprint density at radius 3 is 2.70 bits per heavy atom. The van der Waals surface area contributed by atoms with E-state index in [0.717, 1.165) is 33.9 Å². The SMILES string of the molecule is COCc1nnc2n1[C@@H](C)CN(c1nnc(-c3ccccc3)s1)C2.O=CO. The van der Waals surface area contributed by atoms with Crippen molar-refractivity contribution in [1.82, 2.24) is 25.0 Å². The Morgan fingerprint density at radius 2 is 2.00 bits per heavy atom. The molecule has 3 aromatic rings. The van der Waals surface area contributed by atoms with Crippen molar-refractivity contribution in [2.75, 3.05) is 18.6 Å². The summed E-state index contributed by atoms with van der Waals surface area (Å²) in [7, 11) is 1.67. The molecule has 1 aliphatic heterocycles. The molecule has 4 rings (SSSR count). The summed E-state index contributed by atoms with van der Waals surface area (Å²) in [5.41, 5.74) is 1.09. The maximum absolute atomic E-state index is 8.36. The summed E-state index contributed by atoms with van der Waals surface area (Å²) in [5.74, 6) is 1.82. The minimum absolute atomic E-state index is 0.250. The standard InChI is InChI=1S/C16H18N6OS.CH2O2/c1-11-8-21(9-13-17-18-14(10-23-2)22(11)13)16-20-19-15(24-16)12-6-4-3-5-7-12;2-1-3/h3-7,11H,8-10H2,1-2H3;1H,(H,2,3)/t11-;/m0./s1. The van der Waals surface area contributed by atoms with Crippen molar-refractivity contribution in [3.63, 3.8) is 0 Å². The zero-order chi connectivity index (χ0) is 19.2. The molecule has 0 aliphatic carbocycles. The number of benzene rings is 1. The van der Waals surface area contributed by atoms with Gasteiger partial charge in [0.15, 0.2) is 11.6 Å². The first-order valence-corrected chi connectivity index (χ1v) is 9.12. The molecular weight excluding hydrogens is 368 g/mol. The van der Waals surface area contributed by atoms with Gasteiger partial charge in [0.1, 0.15) is 11.6 Å². The van der Waals surface area contributed by atoms with E-state index in [2.05, 4.69) is 48.9 Å². The van der Waals surface area contributed by atoms with Crippen LogP contribution in [0.2, 0.25) is 0 Å². The number of aromatic nitrogens is 5. The predicted octanol–water partition coefficient (Wildman–Crippen LogP) is 2.23. The largest absolute Gasteiger partial charge is 0.483 e. The van der Waals surface area contributed by atoms with Crippen molar-refractivity contribution in [1.29, 1.82) is 0 Å². The first-order valence-electron chi connectivity index (χ1n) is 8.31. The van der Waals surface area contributed by atoms with E-state index < -0.39 is 0 Å². The van der Waals surface area contributed by atoms with Gasteiger partial charge >= 0.3 is 0 Å². The van der Waals surface area contributed by atoms with E-state index in [9.17, 15) is 0 Å². The molecule has 0 unspecified atom stereocenters. The summed E-state index contributed by atoms with van der Waals surface area (Å²) < 4.78 is 7.37. The van der Waals surface area contributed by atoms with Gasteiger partial charge in [-0.25, -0.2) is 0 Å². The summed E-state index contributed by atoms with van der Waals surface area (Å²) >= 11 is 1.61. The smallest absolute Gasteiger partial charge is 0.290 e. The summed E-state index contributed by atoms with van der Waals surface area (Å²) in [6.07, 6.45) is 0. The fourth-order valence-corrected chi connectivity index (χ4v) is 3.89. The van der Waals surface area contributed by atoms with Gasteiger partial charge in [-0.2, -0.15) is 0 Å². The zero-order valence-electron chi connectivity index (χ0n) is 15.0. The average Bonchev–Trinajstić information content (AvgIpc) is 3.31. The third-order valence-electron chi connectivity index (χ3n) is 4.07. The lowest BCUT2D eigenvalue weighted by molar-refractivity contribution is -0.122. The van der Waals surface area contributed by atoms with Crippen LogP contribution >= 0.6 is 11.3 Å². The molecule has 1 atom stereocenters. The van der Waals surface area contributed by atoms with E-state index in [1.807, 2.05) is 18.2 Å². The summed E-state index contributed by atoms with van der Waals surface area (Å²) in [6, 6.07) is 10.4. The number of carbonyl (C=O) groups is 1. The lowest BCUT2D eigenvalue weighted by atomic mass is 10.2. The van der Waals surface area contributed by atoms with Crippen molar-refractivity contribution in [3.8, 4) is 10.6 Å². The molecule has 0 amide bonds. The number of rotatable bonds is 4. The fourth-order valence-electron chi connectivity index (χ4n) is 3.03. The predicted molar refractivity (Wildman–Crippen MR) is 101 cm³/mol. The molecule has 0 radical (unpaired) electrons. The van der Waals surface area contributed by atoms with Crippen molar-refractivity contribution in [2.45, 2.75) is 26.1 Å². The van der Waals surface area contributed by atoms with E-state index in [0.29, 0.717) is 13.2 Å². The normalized spacial score (nSPS) is 15.6. The molecule has 10 heteroatoms. The lowest BCUT2D eigenvalue weighted by Gasteiger charge is -2.31. The van der Waals surface area contributed by atoms with Crippen LogP contribution < -0.4 is 4.90 Å². The van der Waals surface area contributed by atoms with Gasteiger partial charge in [0.25, 0.3) is 6.47 Å². The van der Waals surface area contributed by atoms with Crippen LogP contribution in [0, 0.1) is 0 Å². The first-order chi connectivity index (χ1) is 13.2. The molecule has 1 aromatic carbocycles. The van der Waals surface area contributed by atoms with Crippen molar-refractivity contribution >= 4 is 22.9 Å². The molecule has 0 saturated carbocycles. The number of methoxy groups -OCH3 is 1. The van der Waals surface area contributed by atoms with Gasteiger partial charge in [-0.3, -0.25) is 4.79 Å². The molecule has 1 aliphatic rings. The van der Waals surface area contributed by atoms with Crippen LogP contribution in [0.5, 0.6) is 0 Å². The van der Waals surface area contributed by atoms with Gasteiger partial charge in [0.05, 0.1) is 12.6 Å². The second-order valence-electron chi connectivity index (χ2n) is 5.93. The Bertz CT molecular complexity index is 882. The van der Waals surface area contributed by atoms with Gasteiger partial charge in [0, 0.05) is 19.2 Å². The first kappa shape index (κ1) is 18.9. The third-order valence-corrected chi connectivity index (χ3v) is 5.11. The van der Waals surface area contributed by atoms with Crippen LogP contribution in [-0.4, -0.2) is 50.2 Å². The monoisotopic (exact) mass is 388 g/mol. The Morgan fingerprint density at radius 1 is 1.26 bits per heavy atom. The van der Waals surface area contributed by atoms with Crippen molar-refractivity contribution in [2.24, 2.45) is 0 Å². The second-order valence-corrected chi connectivity index (χ2v) is 6.88. The van der Waals surface area contributed by atoms with Crippen LogP contribution in [0.15, 0.2) is 30.3 Å². The van der Waals surface area contributed by atoms with Gasteiger partial charge < -0.3 is 19.3 Å². The molecule has 0 saturated heterocycles. The van der Waals surface area contributed by atoms with E-state index in [1.165, 1.54) is 0 Å². The zero-order valence-corrected chi connectivity index (χ0v) is 15.8. The van der Waals surface area contributed by atoms with Crippen LogP contribution in [0.1, 0.15) is 24.6 Å². The highest BCUT2D eigenvalue weighted by Crippen LogP contribution is 2.32. The third kappa shape index (κ3) is 4.12. The van der Waals surface area contributed by atoms with Crippen LogP contribution in [0.3, 0.4) is 0 Å². The second kappa shape index (κ2) is 8.69. The topological polar surface area (TPSA) is 106 Å². The Hall–Kier alpha value is -2.85. The van der Waals surface area contributed by atoms with Crippen LogP contribution in [0.4, 0.5) is 5.13 Å². The van der Waals surface area contributed by atoms with Gasteiger partial charge in [-0.15, -0.1) is 20.4 Å². The number of anilines is 1. The van der Waals surface area contributed by atoms with Gasteiger partial charge in [-0.1, -0.05) is 41.7 Å². The Kier molecular flexibility index (Phi) is 6.09.